The van der Waals surface area contributed by atoms with E-state index >= 15 is 0 Å². The van der Waals surface area contributed by atoms with Crippen molar-refractivity contribution in [2.45, 2.75) is 13.3 Å². The van der Waals surface area contributed by atoms with Gasteiger partial charge >= 0.3 is 5.97 Å². The van der Waals surface area contributed by atoms with Crippen molar-refractivity contribution in [2.75, 3.05) is 13.2 Å². The van der Waals surface area contributed by atoms with Crippen LogP contribution in [0.5, 0.6) is 0 Å². The Morgan fingerprint density at radius 2 is 2.40 bits per heavy atom. The van der Waals surface area contributed by atoms with Gasteiger partial charge in [-0.05, 0) is 12.3 Å². The third kappa shape index (κ3) is 1.70. The number of carbonyl (C=O) groups is 1. The van der Waals surface area contributed by atoms with Gasteiger partial charge in [-0.15, -0.1) is 0 Å². The second-order valence-electron chi connectivity index (χ2n) is 2.71. The van der Waals surface area contributed by atoms with Crippen LogP contribution < -0.4 is 0 Å². The Balaban J connectivity index is 2.11. The smallest absolute Gasteiger partial charge is 0.309 e. The van der Waals surface area contributed by atoms with Gasteiger partial charge in [0.1, 0.15) is 6.61 Å². The Kier molecular flexibility index (Phi) is 2.27. The summed E-state index contributed by atoms with van der Waals surface area (Å²) < 4.78 is 4.70. The quantitative estimate of drug-likeness (QED) is 0.575. The molecule has 1 aliphatic rings. The summed E-state index contributed by atoms with van der Waals surface area (Å²) in [5.41, 5.74) is 0. The van der Waals surface area contributed by atoms with Crippen LogP contribution in [0, 0.1) is 11.8 Å². The highest BCUT2D eigenvalue weighted by Gasteiger charge is 2.40. The number of hydrogen-bond acceptors (Lipinski definition) is 3. The fourth-order valence-electron chi connectivity index (χ4n) is 0.904. The zero-order chi connectivity index (χ0) is 7.56. The third-order valence-corrected chi connectivity index (χ3v) is 1.75. The van der Waals surface area contributed by atoms with E-state index < -0.39 is 0 Å². The second kappa shape index (κ2) is 3.01. The van der Waals surface area contributed by atoms with Gasteiger partial charge in [0.2, 0.25) is 0 Å². The maximum atomic E-state index is 10.8. The van der Waals surface area contributed by atoms with Crippen LogP contribution in [0.15, 0.2) is 0 Å². The number of rotatable bonds is 3. The first kappa shape index (κ1) is 7.54. The van der Waals surface area contributed by atoms with Crippen molar-refractivity contribution in [2.24, 2.45) is 11.8 Å². The monoisotopic (exact) mass is 144 g/mol. The summed E-state index contributed by atoms with van der Waals surface area (Å²) in [5.74, 6) is 0.458. The lowest BCUT2D eigenvalue weighted by molar-refractivity contribution is -0.146. The minimum atomic E-state index is -0.151. The largest absolute Gasteiger partial charge is 0.463 e. The molecule has 0 bridgehead atoms. The van der Waals surface area contributed by atoms with E-state index in [-0.39, 0.29) is 25.1 Å². The molecule has 1 N–H and O–H groups in total. The zero-order valence-electron chi connectivity index (χ0n) is 6.04. The van der Waals surface area contributed by atoms with Crippen LogP contribution in [-0.2, 0) is 9.53 Å². The number of aliphatic hydroxyl groups is 1. The van der Waals surface area contributed by atoms with Gasteiger partial charge in [0, 0.05) is 0 Å². The second-order valence-corrected chi connectivity index (χ2v) is 2.71. The molecule has 1 saturated carbocycles. The van der Waals surface area contributed by atoms with Crippen LogP contribution in [0.2, 0.25) is 0 Å². The molecule has 2 unspecified atom stereocenters. The summed E-state index contributed by atoms with van der Waals surface area (Å²) in [7, 11) is 0. The number of ether oxygens (including phenoxy) is 1. The van der Waals surface area contributed by atoms with E-state index in [4.69, 9.17) is 9.84 Å². The molecule has 0 spiro atoms. The highest BCUT2D eigenvalue weighted by Crippen LogP contribution is 2.38. The van der Waals surface area contributed by atoms with E-state index in [2.05, 4.69) is 0 Å². The highest BCUT2D eigenvalue weighted by molar-refractivity contribution is 5.75. The van der Waals surface area contributed by atoms with Crippen molar-refractivity contribution in [3.8, 4) is 0 Å². The van der Waals surface area contributed by atoms with Gasteiger partial charge < -0.3 is 9.84 Å². The Bertz CT molecular complexity index is 133. The molecule has 0 amide bonds. The minimum Gasteiger partial charge on any atom is -0.463 e. The number of hydrogen-bond donors (Lipinski definition) is 1. The maximum absolute atomic E-state index is 10.8. The molecule has 0 saturated heterocycles. The summed E-state index contributed by atoms with van der Waals surface area (Å²) in [6.07, 6.45) is 0.949. The molecule has 0 aromatic heterocycles. The van der Waals surface area contributed by atoms with E-state index in [1.165, 1.54) is 0 Å². The van der Waals surface area contributed by atoms with Crippen molar-refractivity contribution in [1.29, 1.82) is 0 Å². The lowest BCUT2D eigenvalue weighted by Crippen LogP contribution is -2.10. The minimum absolute atomic E-state index is 0.0765. The van der Waals surface area contributed by atoms with E-state index in [0.717, 1.165) is 6.42 Å². The summed E-state index contributed by atoms with van der Waals surface area (Å²) >= 11 is 0. The van der Waals surface area contributed by atoms with Gasteiger partial charge in [-0.25, -0.2) is 0 Å². The molecule has 3 nitrogen and oxygen atoms in total. The van der Waals surface area contributed by atoms with Crippen LogP contribution in [0.1, 0.15) is 13.3 Å². The van der Waals surface area contributed by atoms with Crippen molar-refractivity contribution < 1.29 is 14.6 Å². The van der Waals surface area contributed by atoms with Gasteiger partial charge in [0.05, 0.1) is 12.5 Å². The normalized spacial score (nSPS) is 29.8. The molecule has 0 aromatic rings. The molecular formula is C7H12O3. The lowest BCUT2D eigenvalue weighted by Gasteiger charge is -1.99. The molecule has 3 heteroatoms. The van der Waals surface area contributed by atoms with E-state index in [1.807, 2.05) is 6.92 Å². The van der Waals surface area contributed by atoms with Gasteiger partial charge in [0.15, 0.2) is 0 Å². The SMILES string of the molecule is CC1CC1C(=O)OCCO. The lowest BCUT2D eigenvalue weighted by atomic mass is 10.3. The average molecular weight is 144 g/mol. The topological polar surface area (TPSA) is 46.5 Å². The fraction of sp³-hybridized carbons (Fsp3) is 0.857. The predicted molar refractivity (Wildman–Crippen MR) is 35.3 cm³/mol. The Labute approximate surface area is 60.0 Å². The first-order chi connectivity index (χ1) is 4.75. The van der Waals surface area contributed by atoms with Crippen LogP contribution in [0.4, 0.5) is 0 Å². The van der Waals surface area contributed by atoms with Crippen LogP contribution in [0.25, 0.3) is 0 Å². The predicted octanol–water partition coefficient (Wildman–Crippen LogP) is 0.178. The first-order valence-electron chi connectivity index (χ1n) is 3.53. The molecule has 0 aromatic carbocycles. The molecule has 10 heavy (non-hydrogen) atoms. The summed E-state index contributed by atoms with van der Waals surface area (Å²) in [5, 5.41) is 8.31. The van der Waals surface area contributed by atoms with Crippen LogP contribution >= 0.6 is 0 Å². The van der Waals surface area contributed by atoms with Gasteiger partial charge in [-0.3, -0.25) is 4.79 Å². The molecule has 0 heterocycles. The number of aliphatic hydroxyl groups excluding tert-OH is 1. The Morgan fingerprint density at radius 1 is 1.80 bits per heavy atom. The van der Waals surface area contributed by atoms with Crippen LogP contribution in [-0.4, -0.2) is 24.3 Å². The zero-order valence-corrected chi connectivity index (χ0v) is 6.04. The highest BCUT2D eigenvalue weighted by atomic mass is 16.5. The Morgan fingerprint density at radius 3 is 2.80 bits per heavy atom. The van der Waals surface area contributed by atoms with Crippen molar-refractivity contribution in [1.82, 2.24) is 0 Å². The van der Waals surface area contributed by atoms with Gasteiger partial charge in [-0.1, -0.05) is 6.92 Å². The third-order valence-electron chi connectivity index (χ3n) is 1.75. The van der Waals surface area contributed by atoms with Gasteiger partial charge in [0.25, 0.3) is 0 Å². The van der Waals surface area contributed by atoms with Crippen molar-refractivity contribution in [3.05, 3.63) is 0 Å². The van der Waals surface area contributed by atoms with Crippen molar-refractivity contribution in [3.63, 3.8) is 0 Å². The Hall–Kier alpha value is -0.570. The molecule has 1 rings (SSSR count). The first-order valence-corrected chi connectivity index (χ1v) is 3.53. The number of esters is 1. The summed E-state index contributed by atoms with van der Waals surface area (Å²) in [6, 6.07) is 0. The van der Waals surface area contributed by atoms with Gasteiger partial charge in [-0.2, -0.15) is 0 Å². The number of carbonyl (C=O) groups excluding carboxylic acids is 1. The molecule has 1 aliphatic carbocycles. The molecule has 58 valence electrons. The molecule has 0 aliphatic heterocycles. The van der Waals surface area contributed by atoms with E-state index in [1.54, 1.807) is 0 Å². The average Bonchev–Trinajstić information content (AvgIpc) is 2.62. The van der Waals surface area contributed by atoms with E-state index in [0.29, 0.717) is 5.92 Å². The summed E-state index contributed by atoms with van der Waals surface area (Å²) in [6.45, 7) is 2.08. The van der Waals surface area contributed by atoms with E-state index in [9.17, 15) is 4.79 Å². The molecule has 1 fully saturated rings. The molecule has 0 radical (unpaired) electrons. The standard InChI is InChI=1S/C7H12O3/c1-5-4-6(5)7(9)10-3-2-8/h5-6,8H,2-4H2,1H3. The summed E-state index contributed by atoms with van der Waals surface area (Å²) in [4.78, 5) is 10.8. The maximum Gasteiger partial charge on any atom is 0.309 e. The fourth-order valence-corrected chi connectivity index (χ4v) is 0.904. The van der Waals surface area contributed by atoms with Crippen molar-refractivity contribution >= 4 is 5.97 Å². The molecular weight excluding hydrogens is 132 g/mol. The van der Waals surface area contributed by atoms with Crippen LogP contribution in [0.3, 0.4) is 0 Å². The molecule has 2 atom stereocenters.